The molecule has 1 aromatic heterocycles. The molecule has 0 radical (unpaired) electrons. The topological polar surface area (TPSA) is 73.3 Å². The molecule has 1 heterocycles. The van der Waals surface area contributed by atoms with Crippen LogP contribution in [0.5, 0.6) is 11.6 Å². The molecule has 0 atom stereocenters. The van der Waals surface area contributed by atoms with E-state index in [-0.39, 0.29) is 17.7 Å². The molecule has 1 saturated carbocycles. The summed E-state index contributed by atoms with van der Waals surface area (Å²) in [7, 11) is 0. The SMILES string of the molecule is O=C(NC1CCC(Oc2cnccn2)CC1)c1ccccc1OC(F)(F)F. The Labute approximate surface area is 153 Å². The maximum absolute atomic E-state index is 12.5. The van der Waals surface area contributed by atoms with Crippen molar-refractivity contribution in [2.24, 2.45) is 0 Å². The number of hydrogen-bond donors (Lipinski definition) is 1. The van der Waals surface area contributed by atoms with Crippen LogP contribution in [0.4, 0.5) is 13.2 Å². The Hall–Kier alpha value is -2.84. The van der Waals surface area contributed by atoms with E-state index >= 15 is 0 Å². The molecule has 0 bridgehead atoms. The third-order valence-electron chi connectivity index (χ3n) is 4.19. The van der Waals surface area contributed by atoms with Crippen LogP contribution in [-0.2, 0) is 0 Å². The number of para-hydroxylation sites is 1. The molecule has 0 unspecified atom stereocenters. The van der Waals surface area contributed by atoms with Crippen LogP contribution in [0.2, 0.25) is 0 Å². The molecule has 1 aliphatic carbocycles. The minimum absolute atomic E-state index is 0.0318. The number of aromatic nitrogens is 2. The quantitative estimate of drug-likeness (QED) is 0.858. The van der Waals surface area contributed by atoms with E-state index in [2.05, 4.69) is 20.0 Å². The summed E-state index contributed by atoms with van der Waals surface area (Å²) in [6.45, 7) is 0. The Morgan fingerprint density at radius 2 is 1.85 bits per heavy atom. The van der Waals surface area contributed by atoms with Gasteiger partial charge < -0.3 is 14.8 Å². The highest BCUT2D eigenvalue weighted by Gasteiger charge is 2.33. The van der Waals surface area contributed by atoms with E-state index < -0.39 is 18.0 Å². The summed E-state index contributed by atoms with van der Waals surface area (Å²) < 4.78 is 47.1. The Balaban J connectivity index is 1.54. The highest BCUT2D eigenvalue weighted by molar-refractivity contribution is 5.97. The first-order valence-corrected chi connectivity index (χ1v) is 8.49. The van der Waals surface area contributed by atoms with Gasteiger partial charge >= 0.3 is 6.36 Å². The zero-order valence-electron chi connectivity index (χ0n) is 14.3. The number of alkyl halides is 3. The van der Waals surface area contributed by atoms with Gasteiger partial charge in [0.2, 0.25) is 5.88 Å². The molecule has 0 spiro atoms. The molecule has 9 heteroatoms. The van der Waals surface area contributed by atoms with E-state index in [1.165, 1.54) is 24.4 Å². The van der Waals surface area contributed by atoms with Gasteiger partial charge in [0, 0.05) is 18.4 Å². The summed E-state index contributed by atoms with van der Waals surface area (Å²) >= 11 is 0. The van der Waals surface area contributed by atoms with Crippen molar-refractivity contribution in [2.45, 2.75) is 44.2 Å². The number of nitrogens with one attached hydrogen (secondary N) is 1. The molecule has 1 N–H and O–H groups in total. The van der Waals surface area contributed by atoms with Crippen molar-refractivity contribution in [3.05, 3.63) is 48.4 Å². The molecular formula is C18H18F3N3O3. The van der Waals surface area contributed by atoms with E-state index in [1.807, 2.05) is 0 Å². The first-order valence-electron chi connectivity index (χ1n) is 8.49. The summed E-state index contributed by atoms with van der Waals surface area (Å²) in [6.07, 6.45) is 2.44. The minimum atomic E-state index is -4.86. The second-order valence-electron chi connectivity index (χ2n) is 6.15. The summed E-state index contributed by atoms with van der Waals surface area (Å²) in [5.41, 5.74) is -0.146. The zero-order chi connectivity index (χ0) is 19.3. The molecular weight excluding hydrogens is 363 g/mol. The van der Waals surface area contributed by atoms with Crippen LogP contribution < -0.4 is 14.8 Å². The summed E-state index contributed by atoms with van der Waals surface area (Å²) in [6, 6.07) is 5.15. The lowest BCUT2D eigenvalue weighted by molar-refractivity contribution is -0.274. The number of hydrogen-bond acceptors (Lipinski definition) is 5. The van der Waals surface area contributed by atoms with Crippen molar-refractivity contribution in [1.82, 2.24) is 15.3 Å². The van der Waals surface area contributed by atoms with Gasteiger partial charge in [-0.1, -0.05) is 12.1 Å². The summed E-state index contributed by atoms with van der Waals surface area (Å²) in [4.78, 5) is 20.4. The lowest BCUT2D eigenvalue weighted by atomic mass is 9.92. The van der Waals surface area contributed by atoms with Gasteiger partial charge in [-0.25, -0.2) is 4.98 Å². The van der Waals surface area contributed by atoms with Gasteiger partial charge in [-0.3, -0.25) is 9.78 Å². The first-order chi connectivity index (χ1) is 12.9. The van der Waals surface area contributed by atoms with E-state index in [1.54, 1.807) is 12.4 Å². The number of benzene rings is 1. The van der Waals surface area contributed by atoms with Crippen LogP contribution >= 0.6 is 0 Å². The molecule has 3 rings (SSSR count). The summed E-state index contributed by atoms with van der Waals surface area (Å²) in [5.74, 6) is -0.654. The number of ether oxygens (including phenoxy) is 2. The number of amides is 1. The largest absolute Gasteiger partial charge is 0.573 e. The fourth-order valence-electron chi connectivity index (χ4n) is 2.97. The van der Waals surface area contributed by atoms with Gasteiger partial charge in [0.05, 0.1) is 11.8 Å². The van der Waals surface area contributed by atoms with Crippen molar-refractivity contribution < 1.29 is 27.4 Å². The van der Waals surface area contributed by atoms with Crippen LogP contribution in [0.25, 0.3) is 0 Å². The number of carbonyl (C=O) groups excluding carboxylic acids is 1. The Bertz CT molecular complexity index is 763. The van der Waals surface area contributed by atoms with Crippen molar-refractivity contribution in [3.63, 3.8) is 0 Å². The smallest absolute Gasteiger partial charge is 0.473 e. The van der Waals surface area contributed by atoms with Crippen LogP contribution in [0, 0.1) is 0 Å². The van der Waals surface area contributed by atoms with Crippen LogP contribution in [0.1, 0.15) is 36.0 Å². The number of nitrogens with zero attached hydrogens (tertiary/aromatic N) is 2. The van der Waals surface area contributed by atoms with Crippen LogP contribution in [0.3, 0.4) is 0 Å². The molecule has 1 aliphatic rings. The lowest BCUT2D eigenvalue weighted by Gasteiger charge is -2.29. The second kappa shape index (κ2) is 8.24. The van der Waals surface area contributed by atoms with E-state index in [9.17, 15) is 18.0 Å². The average molecular weight is 381 g/mol. The fraction of sp³-hybridized carbons (Fsp3) is 0.389. The Morgan fingerprint density at radius 1 is 1.11 bits per heavy atom. The molecule has 0 saturated heterocycles. The van der Waals surface area contributed by atoms with Crippen molar-refractivity contribution in [2.75, 3.05) is 0 Å². The van der Waals surface area contributed by atoms with Gasteiger partial charge in [-0.15, -0.1) is 13.2 Å². The highest BCUT2D eigenvalue weighted by Crippen LogP contribution is 2.27. The van der Waals surface area contributed by atoms with Gasteiger partial charge in [0.1, 0.15) is 11.9 Å². The van der Waals surface area contributed by atoms with Crippen LogP contribution in [0.15, 0.2) is 42.9 Å². The third kappa shape index (κ3) is 5.57. The molecule has 1 fully saturated rings. The Kier molecular flexibility index (Phi) is 5.78. The number of carbonyl (C=O) groups is 1. The maximum Gasteiger partial charge on any atom is 0.573 e. The molecule has 1 aromatic carbocycles. The van der Waals surface area contributed by atoms with E-state index in [0.29, 0.717) is 31.6 Å². The first kappa shape index (κ1) is 18.9. The lowest BCUT2D eigenvalue weighted by Crippen LogP contribution is -2.40. The zero-order valence-corrected chi connectivity index (χ0v) is 14.3. The normalized spacial score (nSPS) is 20.0. The number of rotatable bonds is 5. The monoisotopic (exact) mass is 381 g/mol. The molecule has 27 heavy (non-hydrogen) atoms. The van der Waals surface area contributed by atoms with Gasteiger partial charge in [-0.2, -0.15) is 0 Å². The Morgan fingerprint density at radius 3 is 2.52 bits per heavy atom. The predicted octanol–water partition coefficient (Wildman–Crippen LogP) is 3.50. The summed E-state index contributed by atoms with van der Waals surface area (Å²) in [5, 5.41) is 2.78. The van der Waals surface area contributed by atoms with Gasteiger partial charge in [-0.05, 0) is 37.8 Å². The standard InChI is InChI=1S/C18H18F3N3O3/c19-18(20,21)27-15-4-2-1-3-14(15)17(25)24-12-5-7-13(8-6-12)26-16-11-22-9-10-23-16/h1-4,9-13H,5-8H2,(H,24,25). The van der Waals surface area contributed by atoms with Crippen molar-refractivity contribution in [3.8, 4) is 11.6 Å². The molecule has 144 valence electrons. The van der Waals surface area contributed by atoms with Gasteiger partial charge in [0.15, 0.2) is 0 Å². The van der Waals surface area contributed by atoms with E-state index in [4.69, 9.17) is 4.74 Å². The minimum Gasteiger partial charge on any atom is -0.473 e. The third-order valence-corrected chi connectivity index (χ3v) is 4.19. The van der Waals surface area contributed by atoms with E-state index in [0.717, 1.165) is 6.07 Å². The number of halogens is 3. The highest BCUT2D eigenvalue weighted by atomic mass is 19.4. The predicted molar refractivity (Wildman–Crippen MR) is 89.3 cm³/mol. The second-order valence-corrected chi connectivity index (χ2v) is 6.15. The fourth-order valence-corrected chi connectivity index (χ4v) is 2.97. The molecule has 0 aliphatic heterocycles. The van der Waals surface area contributed by atoms with Gasteiger partial charge in [0.25, 0.3) is 5.91 Å². The van der Waals surface area contributed by atoms with Crippen LogP contribution in [-0.4, -0.2) is 34.4 Å². The average Bonchev–Trinajstić information content (AvgIpc) is 2.63. The van der Waals surface area contributed by atoms with Crippen molar-refractivity contribution >= 4 is 5.91 Å². The molecule has 6 nitrogen and oxygen atoms in total. The maximum atomic E-state index is 12.5. The molecule has 2 aromatic rings. The molecule has 1 amide bonds. The van der Waals surface area contributed by atoms with Crippen molar-refractivity contribution in [1.29, 1.82) is 0 Å².